The van der Waals surface area contributed by atoms with E-state index in [4.69, 9.17) is 0 Å². The summed E-state index contributed by atoms with van der Waals surface area (Å²) in [6.07, 6.45) is 1.77. The molecule has 3 heterocycles. The summed E-state index contributed by atoms with van der Waals surface area (Å²) in [7, 11) is 0. The first-order valence-electron chi connectivity index (χ1n) is 5.10. The molecule has 3 rings (SSSR count). The molecule has 0 aromatic carbocycles. The van der Waals surface area contributed by atoms with Gasteiger partial charge < -0.3 is 10.3 Å². The van der Waals surface area contributed by atoms with Crippen molar-refractivity contribution in [3.63, 3.8) is 0 Å². The molecule has 0 aliphatic carbocycles. The molecule has 1 aliphatic rings. The molecule has 0 bridgehead atoms. The van der Waals surface area contributed by atoms with Crippen LogP contribution in [0.15, 0.2) is 15.7 Å². The minimum Gasteiger partial charge on any atom is -0.370 e. The Morgan fingerprint density at radius 3 is 3.19 bits per heavy atom. The predicted octanol–water partition coefficient (Wildman–Crippen LogP) is 1.25. The third-order valence-corrected chi connectivity index (χ3v) is 3.17. The largest absolute Gasteiger partial charge is 0.370 e. The number of hydrogen-bond acceptors (Lipinski definition) is 5. The summed E-state index contributed by atoms with van der Waals surface area (Å²) >= 11 is 1.48. The smallest absolute Gasteiger partial charge is 0.256 e. The molecule has 0 saturated carbocycles. The summed E-state index contributed by atoms with van der Waals surface area (Å²) in [4.78, 5) is 23.1. The fraction of sp³-hybridized carbons (Fsp3) is 0.300. The minimum absolute atomic E-state index is 0.0554. The molecule has 6 heteroatoms. The van der Waals surface area contributed by atoms with Crippen LogP contribution in [-0.4, -0.2) is 21.5 Å². The maximum absolute atomic E-state index is 11.8. The second-order valence-electron chi connectivity index (χ2n) is 3.65. The monoisotopic (exact) mass is 234 g/mol. The van der Waals surface area contributed by atoms with Gasteiger partial charge in [-0.1, -0.05) is 0 Å². The van der Waals surface area contributed by atoms with E-state index in [0.29, 0.717) is 11.6 Å². The van der Waals surface area contributed by atoms with E-state index in [1.165, 1.54) is 11.3 Å². The van der Waals surface area contributed by atoms with Gasteiger partial charge in [0, 0.05) is 11.9 Å². The number of nitrogens with zero attached hydrogens (tertiary/aromatic N) is 2. The van der Waals surface area contributed by atoms with Crippen molar-refractivity contribution in [2.24, 2.45) is 0 Å². The van der Waals surface area contributed by atoms with Crippen molar-refractivity contribution < 1.29 is 0 Å². The molecule has 2 aromatic rings. The molecular formula is C10H10N4OS. The first-order chi connectivity index (χ1) is 7.84. The van der Waals surface area contributed by atoms with E-state index in [1.807, 2.05) is 5.38 Å². The van der Waals surface area contributed by atoms with Crippen LogP contribution < -0.4 is 10.9 Å². The normalized spacial score (nSPS) is 14.2. The lowest BCUT2D eigenvalue weighted by Gasteiger charge is -2.15. The third kappa shape index (κ3) is 1.51. The second-order valence-corrected chi connectivity index (χ2v) is 4.36. The third-order valence-electron chi connectivity index (χ3n) is 2.59. The molecule has 16 heavy (non-hydrogen) atoms. The second kappa shape index (κ2) is 3.71. The Labute approximate surface area is 95.6 Å². The fourth-order valence-corrected chi connectivity index (χ4v) is 2.34. The molecule has 0 unspecified atom stereocenters. The van der Waals surface area contributed by atoms with Crippen molar-refractivity contribution in [1.82, 2.24) is 15.0 Å². The Balaban J connectivity index is 2.16. The lowest BCUT2D eigenvalue weighted by atomic mass is 10.1. The molecule has 2 N–H and O–H groups in total. The lowest BCUT2D eigenvalue weighted by Crippen LogP contribution is -2.24. The van der Waals surface area contributed by atoms with E-state index >= 15 is 0 Å². The van der Waals surface area contributed by atoms with Gasteiger partial charge in [0.15, 0.2) is 5.82 Å². The molecule has 0 atom stereocenters. The van der Waals surface area contributed by atoms with Gasteiger partial charge in [-0.2, -0.15) is 0 Å². The van der Waals surface area contributed by atoms with Crippen LogP contribution in [0.1, 0.15) is 12.0 Å². The van der Waals surface area contributed by atoms with Crippen molar-refractivity contribution in [1.29, 1.82) is 0 Å². The van der Waals surface area contributed by atoms with Crippen LogP contribution in [0, 0.1) is 0 Å². The lowest BCUT2D eigenvalue weighted by molar-refractivity contribution is 0.799. The van der Waals surface area contributed by atoms with E-state index in [0.717, 1.165) is 30.6 Å². The SMILES string of the molecule is O=c1[nH]c(-c2cscn2)nc2c1CCCN2. The van der Waals surface area contributed by atoms with Crippen LogP contribution in [0.4, 0.5) is 5.82 Å². The van der Waals surface area contributed by atoms with E-state index < -0.39 is 0 Å². The first kappa shape index (κ1) is 9.53. The first-order valence-corrected chi connectivity index (χ1v) is 6.04. The predicted molar refractivity (Wildman–Crippen MR) is 62.8 cm³/mol. The van der Waals surface area contributed by atoms with Gasteiger partial charge in [0.05, 0.1) is 11.1 Å². The van der Waals surface area contributed by atoms with E-state index in [-0.39, 0.29) is 5.56 Å². The van der Waals surface area contributed by atoms with Crippen molar-refractivity contribution in [3.05, 3.63) is 26.8 Å². The van der Waals surface area contributed by atoms with Gasteiger partial charge in [-0.05, 0) is 12.8 Å². The highest BCUT2D eigenvalue weighted by atomic mass is 32.1. The topological polar surface area (TPSA) is 70.7 Å². The van der Waals surface area contributed by atoms with Crippen LogP contribution in [0.3, 0.4) is 0 Å². The minimum atomic E-state index is -0.0554. The zero-order valence-electron chi connectivity index (χ0n) is 8.49. The Kier molecular flexibility index (Phi) is 2.21. The molecule has 82 valence electrons. The number of H-pyrrole nitrogens is 1. The Bertz CT molecular complexity index is 561. The number of anilines is 1. The summed E-state index contributed by atoms with van der Waals surface area (Å²) in [5, 5.41) is 5.02. The highest BCUT2D eigenvalue weighted by Gasteiger charge is 2.16. The van der Waals surface area contributed by atoms with Crippen molar-refractivity contribution >= 4 is 17.2 Å². The van der Waals surface area contributed by atoms with Crippen LogP contribution >= 0.6 is 11.3 Å². The number of fused-ring (bicyclic) bond motifs is 1. The van der Waals surface area contributed by atoms with Crippen LogP contribution in [-0.2, 0) is 6.42 Å². The number of rotatable bonds is 1. The Morgan fingerprint density at radius 2 is 2.38 bits per heavy atom. The van der Waals surface area contributed by atoms with E-state index in [9.17, 15) is 4.79 Å². The van der Waals surface area contributed by atoms with Gasteiger partial charge in [-0.3, -0.25) is 4.79 Å². The van der Waals surface area contributed by atoms with Gasteiger partial charge >= 0.3 is 0 Å². The molecule has 5 nitrogen and oxygen atoms in total. The number of aromatic amines is 1. The average Bonchev–Trinajstić information content (AvgIpc) is 2.82. The summed E-state index contributed by atoms with van der Waals surface area (Å²) in [5.74, 6) is 1.25. The highest BCUT2D eigenvalue weighted by molar-refractivity contribution is 7.07. The summed E-state index contributed by atoms with van der Waals surface area (Å²) < 4.78 is 0. The summed E-state index contributed by atoms with van der Waals surface area (Å²) in [5.41, 5.74) is 3.14. The van der Waals surface area contributed by atoms with Crippen LogP contribution in [0.5, 0.6) is 0 Å². The maximum Gasteiger partial charge on any atom is 0.256 e. The molecule has 2 aromatic heterocycles. The van der Waals surface area contributed by atoms with Crippen molar-refractivity contribution in [3.8, 4) is 11.5 Å². The number of hydrogen-bond donors (Lipinski definition) is 2. The molecule has 1 aliphatic heterocycles. The number of thiazole rings is 1. The molecular weight excluding hydrogens is 224 g/mol. The highest BCUT2D eigenvalue weighted by Crippen LogP contribution is 2.19. The zero-order valence-corrected chi connectivity index (χ0v) is 9.30. The standard InChI is InChI=1S/C10H10N4OS/c15-10-6-2-1-3-11-8(6)13-9(14-10)7-4-16-5-12-7/h4-5H,1-3H2,(H2,11,13,14,15). The van der Waals surface area contributed by atoms with Gasteiger partial charge in [-0.25, -0.2) is 9.97 Å². The van der Waals surface area contributed by atoms with Crippen molar-refractivity contribution in [2.75, 3.05) is 11.9 Å². The van der Waals surface area contributed by atoms with Gasteiger partial charge in [0.2, 0.25) is 0 Å². The van der Waals surface area contributed by atoms with Crippen LogP contribution in [0.2, 0.25) is 0 Å². The van der Waals surface area contributed by atoms with E-state index in [1.54, 1.807) is 5.51 Å². The van der Waals surface area contributed by atoms with Gasteiger partial charge in [-0.15, -0.1) is 11.3 Å². The molecule has 0 saturated heterocycles. The summed E-state index contributed by atoms with van der Waals surface area (Å²) in [6, 6.07) is 0. The number of nitrogens with one attached hydrogen (secondary N) is 2. The van der Waals surface area contributed by atoms with Gasteiger partial charge in [0.1, 0.15) is 11.5 Å². The quantitative estimate of drug-likeness (QED) is 0.779. The molecule has 0 spiro atoms. The van der Waals surface area contributed by atoms with Crippen molar-refractivity contribution in [2.45, 2.75) is 12.8 Å². The fourth-order valence-electron chi connectivity index (χ4n) is 1.80. The maximum atomic E-state index is 11.8. The Morgan fingerprint density at radius 1 is 1.44 bits per heavy atom. The molecule has 0 radical (unpaired) electrons. The van der Waals surface area contributed by atoms with Gasteiger partial charge in [0.25, 0.3) is 5.56 Å². The average molecular weight is 234 g/mol. The zero-order chi connectivity index (χ0) is 11.0. The Hall–Kier alpha value is -1.69. The molecule has 0 fully saturated rings. The summed E-state index contributed by atoms with van der Waals surface area (Å²) in [6.45, 7) is 0.875. The van der Waals surface area contributed by atoms with Crippen LogP contribution in [0.25, 0.3) is 11.5 Å². The number of aromatic nitrogens is 3. The molecule has 0 amide bonds. The van der Waals surface area contributed by atoms with E-state index in [2.05, 4.69) is 20.3 Å².